The van der Waals surface area contributed by atoms with Crippen molar-refractivity contribution in [3.8, 4) is 11.5 Å². The number of hydrogen-bond acceptors (Lipinski definition) is 5. The van der Waals surface area contributed by atoms with Gasteiger partial charge in [-0.25, -0.2) is 0 Å². The molecule has 0 amide bonds. The van der Waals surface area contributed by atoms with E-state index in [2.05, 4.69) is 15.5 Å². The maximum Gasteiger partial charge on any atom is 0.231 e. The Bertz CT molecular complexity index is 538. The fourth-order valence-electron chi connectivity index (χ4n) is 1.65. The third-order valence-electron chi connectivity index (χ3n) is 2.63. The Labute approximate surface area is 98.2 Å². The average molecular weight is 232 g/mol. The lowest BCUT2D eigenvalue weighted by Crippen LogP contribution is -2.05. The number of nitrogens with zero attached hydrogens (tertiary/aromatic N) is 3. The SMILES string of the molecule is Cn1cnnc1CNc1ccc2c(c1)OCO2. The van der Waals surface area contributed by atoms with Crippen molar-refractivity contribution in [2.75, 3.05) is 12.1 Å². The molecular weight excluding hydrogens is 220 g/mol. The van der Waals surface area contributed by atoms with Crippen molar-refractivity contribution in [3.05, 3.63) is 30.4 Å². The summed E-state index contributed by atoms with van der Waals surface area (Å²) < 4.78 is 12.4. The lowest BCUT2D eigenvalue weighted by Gasteiger charge is -2.06. The smallest absolute Gasteiger partial charge is 0.231 e. The highest BCUT2D eigenvalue weighted by molar-refractivity contribution is 5.55. The van der Waals surface area contributed by atoms with Crippen molar-refractivity contribution in [3.63, 3.8) is 0 Å². The predicted molar refractivity (Wildman–Crippen MR) is 60.9 cm³/mol. The van der Waals surface area contributed by atoms with E-state index in [1.165, 1.54) is 0 Å². The molecular formula is C11H12N4O2. The van der Waals surface area contributed by atoms with Crippen LogP contribution in [0.2, 0.25) is 0 Å². The zero-order valence-corrected chi connectivity index (χ0v) is 9.38. The Morgan fingerprint density at radius 1 is 1.35 bits per heavy atom. The van der Waals surface area contributed by atoms with E-state index < -0.39 is 0 Å². The minimum Gasteiger partial charge on any atom is -0.454 e. The van der Waals surface area contributed by atoms with Crippen molar-refractivity contribution >= 4 is 5.69 Å². The molecule has 88 valence electrons. The van der Waals surface area contributed by atoms with Crippen LogP contribution >= 0.6 is 0 Å². The van der Waals surface area contributed by atoms with E-state index in [-0.39, 0.29) is 0 Å². The highest BCUT2D eigenvalue weighted by atomic mass is 16.7. The monoisotopic (exact) mass is 232 g/mol. The highest BCUT2D eigenvalue weighted by Gasteiger charge is 2.13. The van der Waals surface area contributed by atoms with Crippen molar-refractivity contribution in [1.29, 1.82) is 0 Å². The van der Waals surface area contributed by atoms with Crippen LogP contribution in [0.4, 0.5) is 5.69 Å². The zero-order chi connectivity index (χ0) is 11.7. The van der Waals surface area contributed by atoms with Crippen LogP contribution in [-0.2, 0) is 13.6 Å². The Balaban J connectivity index is 1.72. The third kappa shape index (κ3) is 1.89. The van der Waals surface area contributed by atoms with Gasteiger partial charge in [-0.05, 0) is 12.1 Å². The zero-order valence-electron chi connectivity index (χ0n) is 9.38. The molecule has 1 aromatic carbocycles. The molecule has 0 fully saturated rings. The van der Waals surface area contributed by atoms with E-state index >= 15 is 0 Å². The summed E-state index contributed by atoms with van der Waals surface area (Å²) in [6.45, 7) is 0.915. The maximum absolute atomic E-state index is 5.30. The summed E-state index contributed by atoms with van der Waals surface area (Å²) in [7, 11) is 1.91. The summed E-state index contributed by atoms with van der Waals surface area (Å²) in [4.78, 5) is 0. The van der Waals surface area contributed by atoms with Gasteiger partial charge in [0.2, 0.25) is 6.79 Å². The summed E-state index contributed by atoms with van der Waals surface area (Å²) in [6.07, 6.45) is 1.68. The van der Waals surface area contributed by atoms with Gasteiger partial charge in [-0.1, -0.05) is 0 Å². The quantitative estimate of drug-likeness (QED) is 0.860. The van der Waals surface area contributed by atoms with Crippen LogP contribution in [-0.4, -0.2) is 21.6 Å². The fraction of sp³-hybridized carbons (Fsp3) is 0.273. The number of aromatic nitrogens is 3. The number of rotatable bonds is 3. The van der Waals surface area contributed by atoms with Crippen LogP contribution < -0.4 is 14.8 Å². The first-order valence-corrected chi connectivity index (χ1v) is 5.29. The molecule has 1 aliphatic rings. The molecule has 6 nitrogen and oxygen atoms in total. The molecule has 1 aliphatic heterocycles. The molecule has 1 aromatic heterocycles. The van der Waals surface area contributed by atoms with Gasteiger partial charge in [0.1, 0.15) is 6.33 Å². The van der Waals surface area contributed by atoms with E-state index in [0.29, 0.717) is 13.3 Å². The molecule has 0 bridgehead atoms. The van der Waals surface area contributed by atoms with Crippen LogP contribution in [0.3, 0.4) is 0 Å². The average Bonchev–Trinajstić information content (AvgIpc) is 2.94. The summed E-state index contributed by atoms with van der Waals surface area (Å²) >= 11 is 0. The number of hydrogen-bond donors (Lipinski definition) is 1. The number of anilines is 1. The van der Waals surface area contributed by atoms with Gasteiger partial charge in [0.15, 0.2) is 17.3 Å². The summed E-state index contributed by atoms with van der Waals surface area (Å²) in [5.41, 5.74) is 0.970. The van der Waals surface area contributed by atoms with E-state index in [0.717, 1.165) is 23.0 Å². The second-order valence-electron chi connectivity index (χ2n) is 3.78. The number of fused-ring (bicyclic) bond motifs is 1. The molecule has 0 atom stereocenters. The molecule has 0 saturated heterocycles. The Kier molecular flexibility index (Phi) is 2.32. The highest BCUT2D eigenvalue weighted by Crippen LogP contribution is 2.34. The summed E-state index contributed by atoms with van der Waals surface area (Å²) in [6, 6.07) is 5.75. The summed E-state index contributed by atoms with van der Waals surface area (Å²) in [5.74, 6) is 2.44. The molecule has 0 spiro atoms. The molecule has 1 N–H and O–H groups in total. The van der Waals surface area contributed by atoms with E-state index in [4.69, 9.17) is 9.47 Å². The third-order valence-corrected chi connectivity index (χ3v) is 2.63. The molecule has 0 unspecified atom stereocenters. The van der Waals surface area contributed by atoms with Crippen LogP contribution in [0, 0.1) is 0 Å². The van der Waals surface area contributed by atoms with Gasteiger partial charge >= 0.3 is 0 Å². The normalized spacial score (nSPS) is 12.8. The van der Waals surface area contributed by atoms with Gasteiger partial charge in [-0.2, -0.15) is 0 Å². The number of aryl methyl sites for hydroxylation is 1. The standard InChI is InChI=1S/C11H12N4O2/c1-15-6-13-14-11(15)5-12-8-2-3-9-10(4-8)17-7-16-9/h2-4,6,12H,5,7H2,1H3. The first kappa shape index (κ1) is 9.95. The van der Waals surface area contributed by atoms with Crippen molar-refractivity contribution < 1.29 is 9.47 Å². The largest absolute Gasteiger partial charge is 0.454 e. The topological polar surface area (TPSA) is 61.2 Å². The van der Waals surface area contributed by atoms with E-state index in [1.54, 1.807) is 6.33 Å². The molecule has 17 heavy (non-hydrogen) atoms. The lowest BCUT2D eigenvalue weighted by atomic mass is 10.3. The molecule has 3 rings (SSSR count). The van der Waals surface area contributed by atoms with Gasteiger partial charge in [0.25, 0.3) is 0 Å². The molecule has 0 saturated carbocycles. The molecule has 2 heterocycles. The minimum absolute atomic E-state index is 0.294. The second kappa shape index (κ2) is 3.97. The van der Waals surface area contributed by atoms with Crippen LogP contribution in [0.5, 0.6) is 11.5 Å². The van der Waals surface area contributed by atoms with Gasteiger partial charge in [-0.15, -0.1) is 10.2 Å². The first-order chi connectivity index (χ1) is 8.33. The lowest BCUT2D eigenvalue weighted by molar-refractivity contribution is 0.174. The fourth-order valence-corrected chi connectivity index (χ4v) is 1.65. The van der Waals surface area contributed by atoms with E-state index in [1.807, 2.05) is 29.8 Å². The molecule has 0 radical (unpaired) electrons. The molecule has 2 aromatic rings. The second-order valence-corrected chi connectivity index (χ2v) is 3.78. The number of nitrogens with one attached hydrogen (secondary N) is 1. The molecule has 0 aliphatic carbocycles. The van der Waals surface area contributed by atoms with Gasteiger partial charge in [0, 0.05) is 18.8 Å². The van der Waals surface area contributed by atoms with E-state index in [9.17, 15) is 0 Å². The maximum atomic E-state index is 5.30. The van der Waals surface area contributed by atoms with Crippen LogP contribution in [0.25, 0.3) is 0 Å². The van der Waals surface area contributed by atoms with Gasteiger partial charge in [-0.3, -0.25) is 0 Å². The summed E-state index contributed by atoms with van der Waals surface area (Å²) in [5, 5.41) is 11.1. The van der Waals surface area contributed by atoms with Crippen molar-refractivity contribution in [2.45, 2.75) is 6.54 Å². The number of ether oxygens (including phenoxy) is 2. The van der Waals surface area contributed by atoms with Crippen LogP contribution in [0.15, 0.2) is 24.5 Å². The Morgan fingerprint density at radius 3 is 3.06 bits per heavy atom. The number of benzene rings is 1. The Hall–Kier alpha value is -2.24. The minimum atomic E-state index is 0.294. The van der Waals surface area contributed by atoms with Crippen LogP contribution in [0.1, 0.15) is 5.82 Å². The van der Waals surface area contributed by atoms with Crippen molar-refractivity contribution in [1.82, 2.24) is 14.8 Å². The van der Waals surface area contributed by atoms with Crippen molar-refractivity contribution in [2.24, 2.45) is 7.05 Å². The Morgan fingerprint density at radius 2 is 2.24 bits per heavy atom. The first-order valence-electron chi connectivity index (χ1n) is 5.29. The van der Waals surface area contributed by atoms with Gasteiger partial charge < -0.3 is 19.4 Å². The predicted octanol–water partition coefficient (Wildman–Crippen LogP) is 1.16. The molecule has 6 heteroatoms. The van der Waals surface area contributed by atoms with Gasteiger partial charge in [0.05, 0.1) is 6.54 Å².